The molecule has 6 aromatic rings. The molecule has 0 heterocycles. The molecule has 3 unspecified atom stereocenters. The van der Waals surface area contributed by atoms with E-state index in [0.717, 1.165) is 17.8 Å². The van der Waals surface area contributed by atoms with Crippen LogP contribution in [0.5, 0.6) is 0 Å². The van der Waals surface area contributed by atoms with E-state index in [4.69, 9.17) is 0 Å². The Morgan fingerprint density at radius 3 is 1.81 bits per heavy atom. The van der Waals surface area contributed by atoms with Crippen molar-refractivity contribution in [3.8, 4) is 33.4 Å². The monoisotopic (exact) mass is 689 g/mol. The molecule has 0 saturated heterocycles. The summed E-state index contributed by atoms with van der Waals surface area (Å²) in [4.78, 5) is 2.56. The van der Waals surface area contributed by atoms with Gasteiger partial charge in [0.15, 0.2) is 0 Å². The van der Waals surface area contributed by atoms with Crippen molar-refractivity contribution < 1.29 is 0 Å². The van der Waals surface area contributed by atoms with Crippen molar-refractivity contribution in [2.24, 2.45) is 11.8 Å². The molecule has 3 fully saturated rings. The average molecular weight is 690 g/mol. The fourth-order valence-corrected chi connectivity index (χ4v) is 10.9. The SMILES string of the molecule is CC1(C)c2ccccc2-c2cc(-c3ccc(-c4ccccc4)cc3)c(N(c3ccc(C4CCCCC4)cc3)c3ccc(C4CC5CCC4C5)cc3)cc21. The topological polar surface area (TPSA) is 3.24 Å². The quantitative estimate of drug-likeness (QED) is 0.161. The highest BCUT2D eigenvalue weighted by molar-refractivity contribution is 5.95. The number of rotatable bonds is 7. The van der Waals surface area contributed by atoms with Gasteiger partial charge in [-0.1, -0.05) is 143 Å². The van der Waals surface area contributed by atoms with Crippen molar-refractivity contribution in [2.75, 3.05) is 4.90 Å². The highest BCUT2D eigenvalue weighted by atomic mass is 15.1. The lowest BCUT2D eigenvalue weighted by atomic mass is 9.81. The lowest BCUT2D eigenvalue weighted by Gasteiger charge is -2.31. The van der Waals surface area contributed by atoms with Gasteiger partial charge in [-0.3, -0.25) is 0 Å². The zero-order chi connectivity index (χ0) is 35.5. The molecule has 4 aliphatic rings. The summed E-state index contributed by atoms with van der Waals surface area (Å²) in [5, 5.41) is 0. The molecule has 2 bridgehead atoms. The first-order valence-corrected chi connectivity index (χ1v) is 20.5. The molecule has 0 spiro atoms. The van der Waals surface area contributed by atoms with Crippen molar-refractivity contribution in [1.29, 1.82) is 0 Å². The van der Waals surface area contributed by atoms with Gasteiger partial charge in [0.05, 0.1) is 5.69 Å². The van der Waals surface area contributed by atoms with E-state index in [1.54, 1.807) is 0 Å². The molecule has 4 aliphatic carbocycles. The predicted molar refractivity (Wildman–Crippen MR) is 224 cm³/mol. The van der Waals surface area contributed by atoms with Crippen LogP contribution in [-0.2, 0) is 5.41 Å². The van der Waals surface area contributed by atoms with E-state index in [9.17, 15) is 0 Å². The van der Waals surface area contributed by atoms with Crippen molar-refractivity contribution >= 4 is 17.1 Å². The minimum absolute atomic E-state index is 0.0987. The summed E-state index contributed by atoms with van der Waals surface area (Å²) in [5.74, 6) is 3.23. The largest absolute Gasteiger partial charge is 0.310 e. The van der Waals surface area contributed by atoms with Crippen LogP contribution in [0.25, 0.3) is 33.4 Å². The summed E-state index contributed by atoms with van der Waals surface area (Å²) in [6.45, 7) is 4.81. The van der Waals surface area contributed by atoms with Gasteiger partial charge >= 0.3 is 0 Å². The van der Waals surface area contributed by atoms with E-state index >= 15 is 0 Å². The molecule has 0 radical (unpaired) electrons. The summed E-state index contributed by atoms with van der Waals surface area (Å²) in [7, 11) is 0. The summed E-state index contributed by atoms with van der Waals surface area (Å²) < 4.78 is 0. The molecule has 264 valence electrons. The van der Waals surface area contributed by atoms with Gasteiger partial charge in [-0.25, -0.2) is 0 Å². The third kappa shape index (κ3) is 5.75. The Morgan fingerprint density at radius 1 is 0.491 bits per heavy atom. The second-order valence-electron chi connectivity index (χ2n) is 17.2. The second kappa shape index (κ2) is 13.2. The molecule has 1 nitrogen and oxygen atoms in total. The van der Waals surface area contributed by atoms with Gasteiger partial charge in [0.2, 0.25) is 0 Å². The predicted octanol–water partition coefficient (Wildman–Crippen LogP) is 14.7. The molecule has 10 rings (SSSR count). The maximum Gasteiger partial charge on any atom is 0.0543 e. The Hall–Kier alpha value is -4.88. The third-order valence-corrected chi connectivity index (χ3v) is 13.8. The van der Waals surface area contributed by atoms with E-state index < -0.39 is 0 Å². The molecular formula is C52H51N. The summed E-state index contributed by atoms with van der Waals surface area (Å²) in [6, 6.07) is 53.6. The van der Waals surface area contributed by atoms with Crippen molar-refractivity contribution in [3.05, 3.63) is 162 Å². The van der Waals surface area contributed by atoms with E-state index in [0.29, 0.717) is 5.92 Å². The van der Waals surface area contributed by atoms with Gasteiger partial charge in [0, 0.05) is 22.4 Å². The summed E-state index contributed by atoms with van der Waals surface area (Å²) in [5.41, 5.74) is 17.2. The molecule has 53 heavy (non-hydrogen) atoms. The van der Waals surface area contributed by atoms with Gasteiger partial charge in [-0.2, -0.15) is 0 Å². The number of fused-ring (bicyclic) bond motifs is 5. The zero-order valence-corrected chi connectivity index (χ0v) is 31.4. The first-order chi connectivity index (χ1) is 26.0. The van der Waals surface area contributed by atoms with Gasteiger partial charge < -0.3 is 4.90 Å². The summed E-state index contributed by atoms with van der Waals surface area (Å²) in [6.07, 6.45) is 12.4. The number of anilines is 3. The number of hydrogen-bond donors (Lipinski definition) is 0. The lowest BCUT2D eigenvalue weighted by molar-refractivity contribution is 0.420. The fraction of sp³-hybridized carbons (Fsp3) is 0.308. The maximum atomic E-state index is 2.56. The van der Waals surface area contributed by atoms with Crippen LogP contribution >= 0.6 is 0 Å². The minimum atomic E-state index is -0.0987. The van der Waals surface area contributed by atoms with Crippen molar-refractivity contribution in [3.63, 3.8) is 0 Å². The van der Waals surface area contributed by atoms with Crippen LogP contribution in [0.15, 0.2) is 140 Å². The molecular weight excluding hydrogens is 639 g/mol. The smallest absolute Gasteiger partial charge is 0.0543 e. The van der Waals surface area contributed by atoms with Crippen molar-refractivity contribution in [2.45, 2.75) is 88.9 Å². The second-order valence-corrected chi connectivity index (χ2v) is 17.2. The van der Waals surface area contributed by atoms with E-state index in [2.05, 4.69) is 158 Å². The van der Waals surface area contributed by atoms with Crippen LogP contribution in [0.4, 0.5) is 17.1 Å². The zero-order valence-electron chi connectivity index (χ0n) is 31.4. The minimum Gasteiger partial charge on any atom is -0.310 e. The molecule has 3 atom stereocenters. The Balaban J connectivity index is 1.14. The van der Waals surface area contributed by atoms with E-state index in [-0.39, 0.29) is 5.41 Å². The molecule has 0 amide bonds. The summed E-state index contributed by atoms with van der Waals surface area (Å²) >= 11 is 0. The fourth-order valence-electron chi connectivity index (χ4n) is 10.9. The Labute approximate surface area is 316 Å². The average Bonchev–Trinajstić information content (AvgIpc) is 3.92. The van der Waals surface area contributed by atoms with Gasteiger partial charge in [-0.05, 0) is 142 Å². The van der Waals surface area contributed by atoms with Crippen LogP contribution in [0.3, 0.4) is 0 Å². The number of benzene rings is 6. The first kappa shape index (κ1) is 32.7. The Bertz CT molecular complexity index is 2240. The van der Waals surface area contributed by atoms with Crippen LogP contribution in [0.2, 0.25) is 0 Å². The molecule has 0 aromatic heterocycles. The lowest BCUT2D eigenvalue weighted by Crippen LogP contribution is -2.17. The Morgan fingerprint density at radius 2 is 1.13 bits per heavy atom. The van der Waals surface area contributed by atoms with Gasteiger partial charge in [-0.15, -0.1) is 0 Å². The maximum absolute atomic E-state index is 2.56. The van der Waals surface area contributed by atoms with Crippen LogP contribution < -0.4 is 4.90 Å². The standard InChI is InChI=1S/C52H51N/c1-52(2)49-16-10-9-15-45(49)48-33-47(41-21-19-38(20-22-41)36-11-5-3-6-12-36)51(34-50(48)52)53(43-27-23-39(24-28-43)37-13-7-4-8-14-37)44-29-25-40(26-30-44)46-32-35-17-18-42(46)31-35/h3,5-6,9-12,15-16,19-30,33-35,37,42,46H,4,7-8,13-14,17-18,31-32H2,1-2H3. The highest BCUT2D eigenvalue weighted by Gasteiger charge is 2.40. The Kier molecular flexibility index (Phi) is 8.16. The number of hydrogen-bond acceptors (Lipinski definition) is 1. The molecule has 3 saturated carbocycles. The number of nitrogens with zero attached hydrogens (tertiary/aromatic N) is 1. The molecule has 0 N–H and O–H groups in total. The van der Waals surface area contributed by atoms with Crippen LogP contribution in [0, 0.1) is 11.8 Å². The van der Waals surface area contributed by atoms with Gasteiger partial charge in [0.25, 0.3) is 0 Å². The van der Waals surface area contributed by atoms with Gasteiger partial charge in [0.1, 0.15) is 0 Å². The normalized spacial score (nSPS) is 21.4. The first-order valence-electron chi connectivity index (χ1n) is 20.5. The molecule has 0 aliphatic heterocycles. The third-order valence-electron chi connectivity index (χ3n) is 13.8. The highest BCUT2D eigenvalue weighted by Crippen LogP contribution is 2.55. The van der Waals surface area contributed by atoms with Crippen molar-refractivity contribution in [1.82, 2.24) is 0 Å². The van der Waals surface area contributed by atoms with Crippen LogP contribution in [0.1, 0.15) is 106 Å². The van der Waals surface area contributed by atoms with Crippen LogP contribution in [-0.4, -0.2) is 0 Å². The van der Waals surface area contributed by atoms with E-state index in [1.807, 2.05) is 0 Å². The molecule has 6 aromatic carbocycles. The van der Waals surface area contributed by atoms with E-state index in [1.165, 1.54) is 130 Å². The molecule has 1 heteroatoms.